The number of fused-ring (bicyclic) bond motifs is 1. The van der Waals surface area contributed by atoms with E-state index in [4.69, 9.17) is 14.2 Å². The van der Waals surface area contributed by atoms with Crippen molar-refractivity contribution in [3.8, 4) is 17.2 Å². The molecule has 3 amide bonds. The Bertz CT molecular complexity index is 1150. The molecule has 2 N–H and O–H groups in total. The van der Waals surface area contributed by atoms with Crippen LogP contribution in [0.15, 0.2) is 42.5 Å². The van der Waals surface area contributed by atoms with Crippen molar-refractivity contribution < 1.29 is 32.8 Å². The van der Waals surface area contributed by atoms with Crippen LogP contribution in [0, 0.1) is 0 Å². The van der Waals surface area contributed by atoms with Gasteiger partial charge in [0.1, 0.15) is 17.3 Å². The van der Waals surface area contributed by atoms with Crippen molar-refractivity contribution in [1.29, 1.82) is 0 Å². The van der Waals surface area contributed by atoms with Gasteiger partial charge in [0.2, 0.25) is 24.5 Å². The molecule has 1 aliphatic carbocycles. The Labute approximate surface area is 218 Å². The molecule has 1 atom stereocenters. The topological polar surface area (TPSA) is 123 Å². The van der Waals surface area contributed by atoms with Gasteiger partial charge in [-0.15, -0.1) is 0 Å². The number of anilines is 1. The van der Waals surface area contributed by atoms with E-state index < -0.39 is 22.6 Å². The summed E-state index contributed by atoms with van der Waals surface area (Å²) in [6.45, 7) is 0.133. The number of nitrogens with zero attached hydrogens (tertiary/aromatic N) is 1. The van der Waals surface area contributed by atoms with Gasteiger partial charge in [-0.2, -0.15) is 0 Å². The van der Waals surface area contributed by atoms with Crippen LogP contribution in [-0.4, -0.2) is 64.8 Å². The van der Waals surface area contributed by atoms with Crippen LogP contribution in [-0.2, 0) is 31.7 Å². The zero-order valence-electron chi connectivity index (χ0n) is 20.7. The van der Waals surface area contributed by atoms with Crippen molar-refractivity contribution in [3.63, 3.8) is 0 Å². The Morgan fingerprint density at radius 1 is 1.00 bits per heavy atom. The molecule has 11 heteroatoms. The van der Waals surface area contributed by atoms with Gasteiger partial charge in [-0.05, 0) is 42.7 Å². The number of nitrogens with one attached hydrogen (secondary N) is 2. The van der Waals surface area contributed by atoms with E-state index in [0.717, 1.165) is 31.2 Å². The first kappa shape index (κ1) is 26.5. The molecule has 0 aromatic heterocycles. The molecule has 198 valence electrons. The molecule has 0 bridgehead atoms. The summed E-state index contributed by atoms with van der Waals surface area (Å²) in [5, 5.41) is 5.65. The zero-order valence-corrected chi connectivity index (χ0v) is 21.5. The smallest absolute Gasteiger partial charge is 0.239 e. The number of hydrogen-bond donors (Lipinski definition) is 2. The summed E-state index contributed by atoms with van der Waals surface area (Å²) in [4.78, 5) is 39.5. The standard InChI is InChI=1S/C26H31N3O7S/c1-34-21-9-6-18(7-10-21)13-29(14-24(30)27-19-4-2-3-5-19)26(32)16-37(33)15-25(31)28-20-8-11-22-23(12-20)36-17-35-22/h6-12,19H,2-5,13-17H2,1H3,(H,27,30)(H,28,31). The monoisotopic (exact) mass is 529 g/mol. The molecule has 1 heterocycles. The van der Waals surface area contributed by atoms with E-state index in [0.29, 0.717) is 22.9 Å². The summed E-state index contributed by atoms with van der Waals surface area (Å²) in [7, 11) is -0.201. The number of carbonyl (C=O) groups is 3. The first-order valence-electron chi connectivity index (χ1n) is 12.1. The van der Waals surface area contributed by atoms with Gasteiger partial charge in [0.25, 0.3) is 0 Å². The minimum absolute atomic E-state index is 0.116. The predicted molar refractivity (Wildman–Crippen MR) is 138 cm³/mol. The van der Waals surface area contributed by atoms with Gasteiger partial charge in [-0.25, -0.2) is 0 Å². The molecule has 0 radical (unpaired) electrons. The number of methoxy groups -OCH3 is 1. The number of ether oxygens (including phenoxy) is 3. The summed E-state index contributed by atoms with van der Waals surface area (Å²) in [5.74, 6) is -0.167. The number of amides is 3. The second-order valence-electron chi connectivity index (χ2n) is 8.99. The van der Waals surface area contributed by atoms with Gasteiger partial charge in [0.05, 0.1) is 13.7 Å². The minimum atomic E-state index is -1.77. The van der Waals surface area contributed by atoms with E-state index in [-0.39, 0.29) is 43.3 Å². The van der Waals surface area contributed by atoms with Crippen LogP contribution in [0.25, 0.3) is 0 Å². The Morgan fingerprint density at radius 3 is 2.46 bits per heavy atom. The summed E-state index contributed by atoms with van der Waals surface area (Å²) in [6.07, 6.45) is 4.01. The fraction of sp³-hybridized carbons (Fsp3) is 0.423. The molecule has 37 heavy (non-hydrogen) atoms. The van der Waals surface area contributed by atoms with Crippen molar-refractivity contribution in [2.45, 2.75) is 38.3 Å². The second-order valence-corrected chi connectivity index (χ2v) is 10.4. The van der Waals surface area contributed by atoms with Crippen LogP contribution >= 0.6 is 0 Å². The van der Waals surface area contributed by atoms with E-state index in [9.17, 15) is 18.6 Å². The van der Waals surface area contributed by atoms with Crippen molar-refractivity contribution in [3.05, 3.63) is 48.0 Å². The SMILES string of the molecule is COc1ccc(CN(CC(=O)NC2CCCC2)C(=O)CS(=O)CC(=O)Nc2ccc3c(c2)OCO3)cc1. The summed E-state index contributed by atoms with van der Waals surface area (Å²) in [5.41, 5.74) is 1.27. The lowest BCUT2D eigenvalue weighted by molar-refractivity contribution is -0.134. The van der Waals surface area contributed by atoms with Gasteiger partial charge in [0.15, 0.2) is 11.5 Å². The molecule has 1 unspecified atom stereocenters. The third kappa shape index (κ3) is 7.69. The molecule has 4 rings (SSSR count). The molecule has 1 fully saturated rings. The zero-order chi connectivity index (χ0) is 26.2. The van der Waals surface area contributed by atoms with Crippen LogP contribution in [0.3, 0.4) is 0 Å². The number of hydrogen-bond acceptors (Lipinski definition) is 7. The van der Waals surface area contributed by atoms with Crippen molar-refractivity contribution >= 4 is 34.2 Å². The lowest BCUT2D eigenvalue weighted by Gasteiger charge is -2.23. The lowest BCUT2D eigenvalue weighted by atomic mass is 10.2. The van der Waals surface area contributed by atoms with Crippen LogP contribution in [0.2, 0.25) is 0 Å². The quantitative estimate of drug-likeness (QED) is 0.457. The normalized spacial score (nSPS) is 15.2. The fourth-order valence-corrected chi connectivity index (χ4v) is 5.22. The highest BCUT2D eigenvalue weighted by atomic mass is 32.2. The Balaban J connectivity index is 1.34. The summed E-state index contributed by atoms with van der Waals surface area (Å²) < 4.78 is 28.4. The average Bonchev–Trinajstić information content (AvgIpc) is 3.55. The molecule has 0 spiro atoms. The van der Waals surface area contributed by atoms with Gasteiger partial charge in [-0.3, -0.25) is 18.6 Å². The molecule has 2 aromatic rings. The maximum Gasteiger partial charge on any atom is 0.239 e. The second kappa shape index (κ2) is 12.6. The number of rotatable bonds is 11. The van der Waals surface area contributed by atoms with Crippen molar-refractivity contribution in [1.82, 2.24) is 10.2 Å². The summed E-state index contributed by atoms with van der Waals surface area (Å²) in [6, 6.07) is 12.2. The molecule has 2 aliphatic rings. The van der Waals surface area contributed by atoms with Gasteiger partial charge in [0, 0.05) is 35.1 Å². The minimum Gasteiger partial charge on any atom is -0.497 e. The Hall–Kier alpha value is -3.60. The number of carbonyl (C=O) groups excluding carboxylic acids is 3. The largest absolute Gasteiger partial charge is 0.497 e. The molecule has 0 saturated heterocycles. The van der Waals surface area contributed by atoms with Gasteiger partial charge in [-0.1, -0.05) is 25.0 Å². The lowest BCUT2D eigenvalue weighted by Crippen LogP contribution is -2.44. The molecular weight excluding hydrogens is 498 g/mol. The Kier molecular flexibility index (Phi) is 8.99. The first-order valence-corrected chi connectivity index (χ1v) is 13.6. The highest BCUT2D eigenvalue weighted by Gasteiger charge is 2.24. The van der Waals surface area contributed by atoms with Crippen LogP contribution in [0.1, 0.15) is 31.2 Å². The molecule has 10 nitrogen and oxygen atoms in total. The van der Waals surface area contributed by atoms with E-state index >= 15 is 0 Å². The average molecular weight is 530 g/mol. The third-order valence-corrected chi connectivity index (χ3v) is 7.33. The maximum atomic E-state index is 13.1. The Morgan fingerprint density at radius 2 is 1.73 bits per heavy atom. The molecular formula is C26H31N3O7S. The van der Waals surface area contributed by atoms with E-state index in [1.165, 1.54) is 4.90 Å². The van der Waals surface area contributed by atoms with Crippen molar-refractivity contribution in [2.75, 3.05) is 37.3 Å². The fourth-order valence-electron chi connectivity index (χ4n) is 4.30. The van der Waals surface area contributed by atoms with E-state index in [2.05, 4.69) is 10.6 Å². The predicted octanol–water partition coefficient (Wildman–Crippen LogP) is 2.20. The first-order chi connectivity index (χ1) is 17.9. The van der Waals surface area contributed by atoms with E-state index in [1.54, 1.807) is 37.4 Å². The highest BCUT2D eigenvalue weighted by molar-refractivity contribution is 7.86. The van der Waals surface area contributed by atoms with Gasteiger partial charge < -0.3 is 29.7 Å². The molecule has 1 saturated carbocycles. The number of benzene rings is 2. The van der Waals surface area contributed by atoms with E-state index in [1.807, 2.05) is 12.1 Å². The van der Waals surface area contributed by atoms with Crippen molar-refractivity contribution in [2.24, 2.45) is 0 Å². The third-order valence-electron chi connectivity index (χ3n) is 6.17. The van der Waals surface area contributed by atoms with Crippen LogP contribution in [0.5, 0.6) is 17.2 Å². The molecule has 1 aliphatic heterocycles. The van der Waals surface area contributed by atoms with Crippen LogP contribution < -0.4 is 24.8 Å². The maximum absolute atomic E-state index is 13.1. The van der Waals surface area contributed by atoms with Gasteiger partial charge >= 0.3 is 0 Å². The molecule has 2 aromatic carbocycles. The van der Waals surface area contributed by atoms with Crippen LogP contribution in [0.4, 0.5) is 5.69 Å². The highest BCUT2D eigenvalue weighted by Crippen LogP contribution is 2.34. The summed E-state index contributed by atoms with van der Waals surface area (Å²) >= 11 is 0.